The lowest BCUT2D eigenvalue weighted by Crippen LogP contribution is -2.29. The second kappa shape index (κ2) is 7.00. The Bertz CT molecular complexity index is 245. The Balaban J connectivity index is 0.000000265. The highest BCUT2D eigenvalue weighted by molar-refractivity contribution is 5.91. The summed E-state index contributed by atoms with van der Waals surface area (Å²) in [6.45, 7) is 5.94. The number of rotatable bonds is 2. The molecule has 1 amide bonds. The van der Waals surface area contributed by atoms with Gasteiger partial charge in [0.1, 0.15) is 6.04 Å². The normalized spacial score (nSPS) is 18.7. The molecule has 1 atom stereocenters. The Labute approximate surface area is 89.6 Å². The standard InChI is InChI=1S/C5H9NO2.C5H9NO/c7-5(8)4-2-1-3-6-4;1-4(2)5(7)6-3/h4,6H,1-3H2,(H,7,8);1H2,2-3H3,(H,6,7)/t4-;/m0./s1. The highest BCUT2D eigenvalue weighted by atomic mass is 16.4. The molecule has 0 unspecified atom stereocenters. The Kier molecular flexibility index (Phi) is 6.37. The van der Waals surface area contributed by atoms with E-state index in [1.165, 1.54) is 0 Å². The quantitative estimate of drug-likeness (QED) is 0.571. The second-order valence-electron chi connectivity index (χ2n) is 3.35. The lowest BCUT2D eigenvalue weighted by molar-refractivity contribution is -0.139. The summed E-state index contributed by atoms with van der Waals surface area (Å²) < 4.78 is 0. The zero-order chi connectivity index (χ0) is 11.8. The molecule has 5 nitrogen and oxygen atoms in total. The highest BCUT2D eigenvalue weighted by Gasteiger charge is 2.20. The Morgan fingerprint density at radius 3 is 2.27 bits per heavy atom. The molecule has 1 aliphatic rings. The van der Waals surface area contributed by atoms with Crippen molar-refractivity contribution in [3.05, 3.63) is 12.2 Å². The van der Waals surface area contributed by atoms with E-state index in [1.807, 2.05) is 0 Å². The summed E-state index contributed by atoms with van der Waals surface area (Å²) in [5, 5.41) is 13.6. The summed E-state index contributed by atoms with van der Waals surface area (Å²) in [4.78, 5) is 20.4. The summed E-state index contributed by atoms with van der Waals surface area (Å²) in [6.07, 6.45) is 1.78. The van der Waals surface area contributed by atoms with Crippen molar-refractivity contribution in [1.29, 1.82) is 0 Å². The van der Waals surface area contributed by atoms with Gasteiger partial charge in [0.15, 0.2) is 0 Å². The molecule has 15 heavy (non-hydrogen) atoms. The van der Waals surface area contributed by atoms with E-state index < -0.39 is 5.97 Å². The molecule has 1 heterocycles. The first-order valence-electron chi connectivity index (χ1n) is 4.82. The van der Waals surface area contributed by atoms with Crippen LogP contribution in [-0.2, 0) is 9.59 Å². The Hall–Kier alpha value is -1.36. The van der Waals surface area contributed by atoms with Crippen molar-refractivity contribution in [2.24, 2.45) is 0 Å². The van der Waals surface area contributed by atoms with E-state index in [1.54, 1.807) is 14.0 Å². The van der Waals surface area contributed by atoms with Gasteiger partial charge < -0.3 is 15.7 Å². The van der Waals surface area contributed by atoms with E-state index in [4.69, 9.17) is 5.11 Å². The van der Waals surface area contributed by atoms with Crippen molar-refractivity contribution in [2.75, 3.05) is 13.6 Å². The van der Waals surface area contributed by atoms with Crippen LogP contribution < -0.4 is 10.6 Å². The minimum absolute atomic E-state index is 0.0972. The van der Waals surface area contributed by atoms with Gasteiger partial charge in [-0.3, -0.25) is 9.59 Å². The molecule has 1 fully saturated rings. The number of likely N-dealkylation sites (N-methyl/N-ethyl adjacent to an activating group) is 1. The number of aliphatic carboxylic acids is 1. The first-order valence-corrected chi connectivity index (χ1v) is 4.82. The molecule has 5 heteroatoms. The molecule has 0 spiro atoms. The summed E-state index contributed by atoms with van der Waals surface area (Å²) in [5.74, 6) is -0.817. The highest BCUT2D eigenvalue weighted by Crippen LogP contribution is 2.03. The first-order chi connectivity index (χ1) is 6.99. The van der Waals surface area contributed by atoms with E-state index in [0.717, 1.165) is 19.4 Å². The second-order valence-corrected chi connectivity index (χ2v) is 3.35. The van der Waals surface area contributed by atoms with Gasteiger partial charge in [0.05, 0.1) is 0 Å². The number of hydrogen-bond donors (Lipinski definition) is 3. The molecular formula is C10H18N2O3. The molecule has 86 valence electrons. The van der Waals surface area contributed by atoms with Gasteiger partial charge >= 0.3 is 5.97 Å². The van der Waals surface area contributed by atoms with Crippen LogP contribution in [0, 0.1) is 0 Å². The van der Waals surface area contributed by atoms with Crippen LogP contribution in [0.25, 0.3) is 0 Å². The zero-order valence-corrected chi connectivity index (χ0v) is 9.17. The van der Waals surface area contributed by atoms with Crippen LogP contribution >= 0.6 is 0 Å². The summed E-state index contributed by atoms with van der Waals surface area (Å²) in [7, 11) is 1.58. The van der Waals surface area contributed by atoms with Crippen molar-refractivity contribution in [3.8, 4) is 0 Å². The Morgan fingerprint density at radius 1 is 1.53 bits per heavy atom. The molecule has 0 bridgehead atoms. The summed E-state index contributed by atoms with van der Waals surface area (Å²) in [5.41, 5.74) is 0.544. The van der Waals surface area contributed by atoms with E-state index in [0.29, 0.717) is 5.57 Å². The maximum absolute atomic E-state index is 10.3. The van der Waals surface area contributed by atoms with Crippen molar-refractivity contribution < 1.29 is 14.7 Å². The molecule has 3 N–H and O–H groups in total. The van der Waals surface area contributed by atoms with Gasteiger partial charge in [-0.25, -0.2) is 0 Å². The van der Waals surface area contributed by atoms with E-state index in [2.05, 4.69) is 17.2 Å². The van der Waals surface area contributed by atoms with Crippen LogP contribution in [-0.4, -0.2) is 36.6 Å². The molecule has 0 saturated carbocycles. The molecule has 0 aromatic carbocycles. The molecule has 1 rings (SSSR count). The van der Waals surface area contributed by atoms with Crippen molar-refractivity contribution in [1.82, 2.24) is 10.6 Å². The summed E-state index contributed by atoms with van der Waals surface area (Å²) >= 11 is 0. The van der Waals surface area contributed by atoms with Crippen LogP contribution in [0.5, 0.6) is 0 Å². The average Bonchev–Trinajstić information content (AvgIpc) is 2.70. The van der Waals surface area contributed by atoms with Gasteiger partial charge in [-0.05, 0) is 26.3 Å². The molecule has 0 aliphatic carbocycles. The average molecular weight is 214 g/mol. The van der Waals surface area contributed by atoms with Gasteiger partial charge in [-0.2, -0.15) is 0 Å². The van der Waals surface area contributed by atoms with Gasteiger partial charge in [0.25, 0.3) is 0 Å². The maximum Gasteiger partial charge on any atom is 0.320 e. The fraction of sp³-hybridized carbons (Fsp3) is 0.600. The number of hydrogen-bond acceptors (Lipinski definition) is 3. The number of nitrogens with one attached hydrogen (secondary N) is 2. The van der Waals surface area contributed by atoms with E-state index in [-0.39, 0.29) is 11.9 Å². The number of carbonyl (C=O) groups excluding carboxylic acids is 1. The summed E-state index contributed by atoms with van der Waals surface area (Å²) in [6, 6.07) is -0.269. The van der Waals surface area contributed by atoms with Crippen LogP contribution in [0.3, 0.4) is 0 Å². The minimum atomic E-state index is -0.720. The topological polar surface area (TPSA) is 78.4 Å². The van der Waals surface area contributed by atoms with Crippen molar-refractivity contribution >= 4 is 11.9 Å². The number of carboxylic acids is 1. The maximum atomic E-state index is 10.3. The number of amides is 1. The van der Waals surface area contributed by atoms with Crippen LogP contribution in [0.1, 0.15) is 19.8 Å². The largest absolute Gasteiger partial charge is 0.480 e. The van der Waals surface area contributed by atoms with Gasteiger partial charge in [0.2, 0.25) is 5.91 Å². The smallest absolute Gasteiger partial charge is 0.320 e. The van der Waals surface area contributed by atoms with Gasteiger partial charge in [-0.15, -0.1) is 0 Å². The van der Waals surface area contributed by atoms with Crippen LogP contribution in [0.4, 0.5) is 0 Å². The van der Waals surface area contributed by atoms with E-state index >= 15 is 0 Å². The number of carbonyl (C=O) groups is 2. The molecular weight excluding hydrogens is 196 g/mol. The molecule has 0 aromatic rings. The zero-order valence-electron chi connectivity index (χ0n) is 9.17. The third-order valence-electron chi connectivity index (χ3n) is 1.97. The minimum Gasteiger partial charge on any atom is -0.480 e. The third kappa shape index (κ3) is 5.85. The molecule has 0 aromatic heterocycles. The Morgan fingerprint density at radius 2 is 2.13 bits per heavy atom. The van der Waals surface area contributed by atoms with Crippen LogP contribution in [0.15, 0.2) is 12.2 Å². The molecule has 1 aliphatic heterocycles. The van der Waals surface area contributed by atoms with Crippen molar-refractivity contribution in [2.45, 2.75) is 25.8 Å². The third-order valence-corrected chi connectivity index (χ3v) is 1.97. The van der Waals surface area contributed by atoms with E-state index in [9.17, 15) is 9.59 Å². The molecule has 1 saturated heterocycles. The van der Waals surface area contributed by atoms with Crippen molar-refractivity contribution in [3.63, 3.8) is 0 Å². The lowest BCUT2D eigenvalue weighted by Gasteiger charge is -1.99. The fourth-order valence-electron chi connectivity index (χ4n) is 1.11. The lowest BCUT2D eigenvalue weighted by atomic mass is 10.2. The van der Waals surface area contributed by atoms with Gasteiger partial charge in [0, 0.05) is 12.6 Å². The first kappa shape index (κ1) is 13.6. The monoisotopic (exact) mass is 214 g/mol. The number of carboxylic acid groups (broad SMARTS) is 1. The van der Waals surface area contributed by atoms with Crippen LogP contribution in [0.2, 0.25) is 0 Å². The predicted molar refractivity (Wildman–Crippen MR) is 57.5 cm³/mol. The van der Waals surface area contributed by atoms with Gasteiger partial charge in [-0.1, -0.05) is 6.58 Å². The fourth-order valence-corrected chi connectivity index (χ4v) is 1.11. The molecule has 0 radical (unpaired) electrons. The SMILES string of the molecule is C=C(C)C(=O)NC.O=C(O)[C@@H]1CCCN1. The predicted octanol–water partition coefficient (Wildman–Crippen LogP) is 0.132.